The molecule has 1 spiro atoms. The molecule has 2 aliphatic rings. The Bertz CT molecular complexity index is 660. The molecule has 20 heavy (non-hydrogen) atoms. The summed E-state index contributed by atoms with van der Waals surface area (Å²) in [6.07, 6.45) is 5.41. The van der Waals surface area contributed by atoms with E-state index >= 15 is 0 Å². The largest absolute Gasteiger partial charge is 0.364 e. The molecule has 1 atom stereocenters. The lowest BCUT2D eigenvalue weighted by Gasteiger charge is -2.33. The number of benzene rings is 1. The molecule has 0 fully saturated rings. The van der Waals surface area contributed by atoms with Gasteiger partial charge in [0.2, 0.25) is 0 Å². The van der Waals surface area contributed by atoms with Crippen LogP contribution in [-0.4, -0.2) is 30.4 Å². The summed E-state index contributed by atoms with van der Waals surface area (Å²) in [5.74, 6) is 0. The Labute approximate surface area is 123 Å². The van der Waals surface area contributed by atoms with E-state index in [1.807, 2.05) is 6.34 Å². The van der Waals surface area contributed by atoms with Gasteiger partial charge in [-0.3, -0.25) is 4.99 Å². The summed E-state index contributed by atoms with van der Waals surface area (Å²) in [4.78, 5) is 7.02. The first kappa shape index (κ1) is 12.2. The van der Waals surface area contributed by atoms with Gasteiger partial charge in [0.25, 0.3) is 0 Å². The molecule has 4 rings (SSSR count). The third-order valence-electron chi connectivity index (χ3n) is 4.54. The molecule has 1 aromatic carbocycles. The minimum Gasteiger partial charge on any atom is -0.364 e. The van der Waals surface area contributed by atoms with E-state index in [1.165, 1.54) is 23.1 Å². The fourth-order valence-electron chi connectivity index (χ4n) is 3.60. The van der Waals surface area contributed by atoms with E-state index in [0.29, 0.717) is 0 Å². The summed E-state index contributed by atoms with van der Waals surface area (Å²) in [7, 11) is 2.12. The van der Waals surface area contributed by atoms with Crippen LogP contribution in [0.5, 0.6) is 0 Å². The van der Waals surface area contributed by atoms with Gasteiger partial charge in [0, 0.05) is 13.6 Å². The standard InChI is InChI=1S/C17H18N2S/c1-19-11-17(18-12-19)7-5-16-13(9-17)3-2-4-15(16)14-6-8-20-10-14/h2-4,6,8,10,12H,5,7,9,11H2,1H3/t17-/m1/s1. The van der Waals surface area contributed by atoms with Crippen LogP contribution in [0.1, 0.15) is 17.5 Å². The summed E-state index contributed by atoms with van der Waals surface area (Å²) >= 11 is 1.77. The molecule has 0 unspecified atom stereocenters. The van der Waals surface area contributed by atoms with Crippen molar-refractivity contribution in [2.45, 2.75) is 24.8 Å². The van der Waals surface area contributed by atoms with Crippen molar-refractivity contribution in [3.63, 3.8) is 0 Å². The molecule has 2 heterocycles. The monoisotopic (exact) mass is 282 g/mol. The highest BCUT2D eigenvalue weighted by atomic mass is 32.1. The van der Waals surface area contributed by atoms with Crippen LogP contribution < -0.4 is 0 Å². The number of fused-ring (bicyclic) bond motifs is 1. The van der Waals surface area contributed by atoms with Crippen LogP contribution in [0.15, 0.2) is 40.0 Å². The van der Waals surface area contributed by atoms with Crippen molar-refractivity contribution in [3.8, 4) is 11.1 Å². The molecular formula is C17H18N2S. The number of nitrogens with zero attached hydrogens (tertiary/aromatic N) is 2. The van der Waals surface area contributed by atoms with Gasteiger partial charge in [-0.25, -0.2) is 0 Å². The quantitative estimate of drug-likeness (QED) is 0.780. The van der Waals surface area contributed by atoms with Gasteiger partial charge in [0.1, 0.15) is 0 Å². The van der Waals surface area contributed by atoms with Gasteiger partial charge in [-0.05, 0) is 58.3 Å². The Balaban J connectivity index is 1.74. The summed E-state index contributed by atoms with van der Waals surface area (Å²) in [5, 5.41) is 4.41. The lowest BCUT2D eigenvalue weighted by Crippen LogP contribution is -2.38. The molecule has 0 bridgehead atoms. The predicted octanol–water partition coefficient (Wildman–Crippen LogP) is 3.62. The molecule has 0 saturated heterocycles. The number of hydrogen-bond donors (Lipinski definition) is 0. The minimum absolute atomic E-state index is 0.134. The third kappa shape index (κ3) is 1.88. The highest BCUT2D eigenvalue weighted by Gasteiger charge is 2.38. The second kappa shape index (κ2) is 4.45. The topological polar surface area (TPSA) is 15.6 Å². The molecule has 0 amide bonds. The van der Waals surface area contributed by atoms with Crippen LogP contribution >= 0.6 is 11.3 Å². The smallest absolute Gasteiger partial charge is 0.0855 e. The predicted molar refractivity (Wildman–Crippen MR) is 85.6 cm³/mol. The molecule has 3 heteroatoms. The minimum atomic E-state index is 0.134. The number of aliphatic imine (C=N–C) groups is 1. The Kier molecular flexibility index (Phi) is 2.71. The number of rotatable bonds is 1. The first-order valence-electron chi connectivity index (χ1n) is 7.15. The van der Waals surface area contributed by atoms with Gasteiger partial charge in [0.15, 0.2) is 0 Å². The second-order valence-corrected chi connectivity index (χ2v) is 6.80. The molecular weight excluding hydrogens is 264 g/mol. The van der Waals surface area contributed by atoms with Crippen molar-refractivity contribution in [2.24, 2.45) is 4.99 Å². The SMILES string of the molecule is CN1C=N[C@@]2(CCc3c(cccc3-c3ccsc3)C2)C1. The van der Waals surface area contributed by atoms with Crippen LogP contribution in [0.25, 0.3) is 11.1 Å². The summed E-state index contributed by atoms with van der Waals surface area (Å²) < 4.78 is 0. The van der Waals surface area contributed by atoms with E-state index in [1.54, 1.807) is 16.9 Å². The van der Waals surface area contributed by atoms with Crippen molar-refractivity contribution < 1.29 is 0 Å². The van der Waals surface area contributed by atoms with Gasteiger partial charge in [-0.15, -0.1) is 0 Å². The molecule has 1 aromatic heterocycles. The molecule has 0 saturated carbocycles. The van der Waals surface area contributed by atoms with Crippen LogP contribution in [0.4, 0.5) is 0 Å². The van der Waals surface area contributed by atoms with Gasteiger partial charge in [-0.1, -0.05) is 18.2 Å². The maximum absolute atomic E-state index is 4.80. The zero-order valence-electron chi connectivity index (χ0n) is 11.7. The molecule has 2 nitrogen and oxygen atoms in total. The highest BCUT2D eigenvalue weighted by Crippen LogP contribution is 2.38. The molecule has 2 aromatic rings. The third-order valence-corrected chi connectivity index (χ3v) is 5.22. The average Bonchev–Trinajstić information content (AvgIpc) is 3.09. The van der Waals surface area contributed by atoms with Gasteiger partial charge < -0.3 is 4.90 Å². The Morgan fingerprint density at radius 2 is 2.25 bits per heavy atom. The first-order valence-corrected chi connectivity index (χ1v) is 8.09. The number of thiophene rings is 1. The van der Waals surface area contributed by atoms with Crippen LogP contribution in [0, 0.1) is 0 Å². The Hall–Kier alpha value is -1.61. The van der Waals surface area contributed by atoms with Crippen molar-refractivity contribution in [1.82, 2.24) is 4.90 Å². The Morgan fingerprint density at radius 1 is 1.30 bits per heavy atom. The summed E-state index contributed by atoms with van der Waals surface area (Å²) in [6.45, 7) is 1.06. The normalized spacial score (nSPS) is 24.4. The molecule has 0 radical (unpaired) electrons. The van der Waals surface area contributed by atoms with Crippen molar-refractivity contribution in [1.29, 1.82) is 0 Å². The average molecular weight is 282 g/mol. The van der Waals surface area contributed by atoms with Crippen molar-refractivity contribution in [2.75, 3.05) is 13.6 Å². The zero-order chi connectivity index (χ0) is 13.6. The fraction of sp³-hybridized carbons (Fsp3) is 0.353. The van der Waals surface area contributed by atoms with Gasteiger partial charge in [-0.2, -0.15) is 11.3 Å². The number of likely N-dealkylation sites (N-methyl/N-ethyl adjacent to an activating group) is 1. The second-order valence-electron chi connectivity index (χ2n) is 6.02. The van der Waals surface area contributed by atoms with Crippen LogP contribution in [0.2, 0.25) is 0 Å². The van der Waals surface area contributed by atoms with E-state index in [-0.39, 0.29) is 5.54 Å². The molecule has 1 aliphatic heterocycles. The van der Waals surface area contributed by atoms with Gasteiger partial charge in [0.05, 0.1) is 11.9 Å². The fourth-order valence-corrected chi connectivity index (χ4v) is 4.25. The Morgan fingerprint density at radius 3 is 3.00 bits per heavy atom. The lowest BCUT2D eigenvalue weighted by molar-refractivity contribution is 0.336. The van der Waals surface area contributed by atoms with E-state index in [4.69, 9.17) is 4.99 Å². The molecule has 0 N–H and O–H groups in total. The summed E-state index contributed by atoms with van der Waals surface area (Å²) in [5.41, 5.74) is 5.96. The van der Waals surface area contributed by atoms with Crippen molar-refractivity contribution >= 4 is 17.7 Å². The molecule has 102 valence electrons. The zero-order valence-corrected chi connectivity index (χ0v) is 12.5. The van der Waals surface area contributed by atoms with E-state index in [9.17, 15) is 0 Å². The van der Waals surface area contributed by atoms with E-state index in [2.05, 4.69) is 47.0 Å². The molecule has 1 aliphatic carbocycles. The van der Waals surface area contributed by atoms with E-state index in [0.717, 1.165) is 19.4 Å². The summed E-state index contributed by atoms with van der Waals surface area (Å²) in [6, 6.07) is 8.99. The maximum atomic E-state index is 4.80. The van der Waals surface area contributed by atoms with E-state index < -0.39 is 0 Å². The van der Waals surface area contributed by atoms with Gasteiger partial charge >= 0.3 is 0 Å². The maximum Gasteiger partial charge on any atom is 0.0855 e. The first-order chi connectivity index (χ1) is 9.76. The lowest BCUT2D eigenvalue weighted by atomic mass is 9.76. The number of hydrogen-bond acceptors (Lipinski definition) is 3. The van der Waals surface area contributed by atoms with Crippen molar-refractivity contribution in [3.05, 3.63) is 46.2 Å². The highest BCUT2D eigenvalue weighted by molar-refractivity contribution is 7.08. The van der Waals surface area contributed by atoms with Crippen LogP contribution in [0.3, 0.4) is 0 Å². The van der Waals surface area contributed by atoms with Crippen LogP contribution in [-0.2, 0) is 12.8 Å².